The van der Waals surface area contributed by atoms with Crippen LogP contribution in [0.5, 0.6) is 0 Å². The zero-order valence-electron chi connectivity index (χ0n) is 14.6. The molecule has 0 N–H and O–H groups in total. The monoisotopic (exact) mass is 390 g/mol. The van der Waals surface area contributed by atoms with Crippen LogP contribution >= 0.6 is 7.37 Å². The van der Waals surface area contributed by atoms with Crippen molar-refractivity contribution in [3.05, 3.63) is 96.1 Å². The van der Waals surface area contributed by atoms with Crippen molar-refractivity contribution in [3.63, 3.8) is 0 Å². The lowest BCUT2D eigenvalue weighted by Gasteiger charge is -2.24. The summed E-state index contributed by atoms with van der Waals surface area (Å²) >= 11 is 0. The number of rotatable bonds is 5. The van der Waals surface area contributed by atoms with Gasteiger partial charge in [0.15, 0.2) is 0 Å². The van der Waals surface area contributed by atoms with Gasteiger partial charge >= 0.3 is 6.18 Å². The Morgan fingerprint density at radius 1 is 0.778 bits per heavy atom. The zero-order chi connectivity index (χ0) is 19.5. The van der Waals surface area contributed by atoms with Crippen LogP contribution in [0.4, 0.5) is 13.2 Å². The van der Waals surface area contributed by atoms with Crippen LogP contribution in [0.2, 0.25) is 0 Å². The van der Waals surface area contributed by atoms with E-state index in [0.29, 0.717) is 16.2 Å². The molecule has 0 aliphatic carbocycles. The van der Waals surface area contributed by atoms with E-state index in [0.717, 1.165) is 12.1 Å². The summed E-state index contributed by atoms with van der Waals surface area (Å²) in [4.78, 5) is 0. The molecule has 0 bridgehead atoms. The molecule has 140 valence electrons. The number of hydrogen-bond donors (Lipinski definition) is 0. The minimum absolute atomic E-state index is 0.523. The molecule has 3 rings (SSSR count). The summed E-state index contributed by atoms with van der Waals surface area (Å²) in [7, 11) is -3.41. The fourth-order valence-electron chi connectivity index (χ4n) is 2.75. The maximum atomic E-state index is 13.8. The number of alkyl halides is 3. The van der Waals surface area contributed by atoms with Gasteiger partial charge in [-0.15, -0.1) is 0 Å². The molecular formula is C21H18F3O2P. The first-order chi connectivity index (χ1) is 12.8. The average Bonchev–Trinajstić information content (AvgIpc) is 2.68. The molecule has 0 heterocycles. The van der Waals surface area contributed by atoms with Crippen LogP contribution in [-0.4, -0.2) is 0 Å². The van der Waals surface area contributed by atoms with Gasteiger partial charge in [0.2, 0.25) is 0 Å². The van der Waals surface area contributed by atoms with E-state index in [2.05, 4.69) is 0 Å². The third-order valence-corrected chi connectivity index (χ3v) is 6.78. The number of benzene rings is 3. The molecule has 6 heteroatoms. The minimum Gasteiger partial charge on any atom is -0.314 e. The van der Waals surface area contributed by atoms with Crippen LogP contribution in [0.1, 0.15) is 24.2 Å². The second kappa shape index (κ2) is 7.71. The van der Waals surface area contributed by atoms with Gasteiger partial charge in [0, 0.05) is 10.6 Å². The van der Waals surface area contributed by atoms with Crippen molar-refractivity contribution < 1.29 is 22.3 Å². The molecule has 2 nitrogen and oxygen atoms in total. The van der Waals surface area contributed by atoms with E-state index in [1.54, 1.807) is 55.5 Å². The summed E-state index contributed by atoms with van der Waals surface area (Å²) in [6.07, 6.45) is -5.05. The maximum absolute atomic E-state index is 13.8. The smallest absolute Gasteiger partial charge is 0.314 e. The molecule has 3 aromatic carbocycles. The van der Waals surface area contributed by atoms with Crippen molar-refractivity contribution >= 4 is 18.0 Å². The summed E-state index contributed by atoms with van der Waals surface area (Å²) in [6.45, 7) is 1.68. The first-order valence-corrected chi connectivity index (χ1v) is 10.00. The average molecular weight is 390 g/mol. The molecule has 0 fully saturated rings. The van der Waals surface area contributed by atoms with Crippen LogP contribution in [-0.2, 0) is 15.3 Å². The highest BCUT2D eigenvalue weighted by Gasteiger charge is 2.32. The van der Waals surface area contributed by atoms with Crippen LogP contribution in [0.3, 0.4) is 0 Å². The predicted molar refractivity (Wildman–Crippen MR) is 101 cm³/mol. The predicted octanol–water partition coefficient (Wildman–Crippen LogP) is 5.71. The first-order valence-electron chi connectivity index (χ1n) is 8.37. The Kier molecular flexibility index (Phi) is 5.54. The lowest BCUT2D eigenvalue weighted by molar-refractivity contribution is -0.137. The molecular weight excluding hydrogens is 372 g/mol. The minimum atomic E-state index is -4.40. The molecule has 0 radical (unpaired) electrons. The van der Waals surface area contributed by atoms with Crippen molar-refractivity contribution in [2.24, 2.45) is 0 Å². The van der Waals surface area contributed by atoms with Gasteiger partial charge in [0.05, 0.1) is 11.7 Å². The molecule has 0 aliphatic heterocycles. The van der Waals surface area contributed by atoms with Crippen molar-refractivity contribution in [2.75, 3.05) is 0 Å². The van der Waals surface area contributed by atoms with Gasteiger partial charge in [0.25, 0.3) is 7.37 Å². The highest BCUT2D eigenvalue weighted by Crippen LogP contribution is 2.48. The van der Waals surface area contributed by atoms with Gasteiger partial charge in [-0.2, -0.15) is 13.2 Å². The maximum Gasteiger partial charge on any atom is 0.416 e. The standard InChI is InChI=1S/C21H18F3O2P/c1-16(17-12-14-18(15-13-17)21(22,23)24)26-27(25,19-8-4-2-5-9-19)20-10-6-3-7-11-20/h2-16H,1H3. The molecule has 1 unspecified atom stereocenters. The van der Waals surface area contributed by atoms with Crippen LogP contribution in [0, 0.1) is 0 Å². The van der Waals surface area contributed by atoms with E-state index in [1.807, 2.05) is 12.1 Å². The third kappa shape index (κ3) is 4.32. The van der Waals surface area contributed by atoms with Crippen molar-refractivity contribution in [3.8, 4) is 0 Å². The largest absolute Gasteiger partial charge is 0.416 e. The Morgan fingerprint density at radius 3 is 1.63 bits per heavy atom. The molecule has 0 aromatic heterocycles. The topological polar surface area (TPSA) is 26.3 Å². The van der Waals surface area contributed by atoms with Crippen molar-refractivity contribution in [1.29, 1.82) is 0 Å². The lowest BCUT2D eigenvalue weighted by atomic mass is 10.1. The van der Waals surface area contributed by atoms with Crippen LogP contribution < -0.4 is 10.6 Å². The zero-order valence-corrected chi connectivity index (χ0v) is 15.5. The summed E-state index contributed by atoms with van der Waals surface area (Å²) < 4.78 is 58.1. The molecule has 27 heavy (non-hydrogen) atoms. The van der Waals surface area contributed by atoms with Gasteiger partial charge in [0.1, 0.15) is 0 Å². The SMILES string of the molecule is CC(OP(=O)(c1ccccc1)c1ccccc1)c1ccc(C(F)(F)F)cc1. The Bertz CT molecular complexity index is 880. The van der Waals surface area contributed by atoms with Gasteiger partial charge in [-0.05, 0) is 48.9 Å². The van der Waals surface area contributed by atoms with E-state index >= 15 is 0 Å². The molecule has 0 amide bonds. The lowest BCUT2D eigenvalue weighted by Crippen LogP contribution is -2.19. The molecule has 0 saturated heterocycles. The Morgan fingerprint density at radius 2 is 1.22 bits per heavy atom. The van der Waals surface area contributed by atoms with Crippen molar-refractivity contribution in [2.45, 2.75) is 19.2 Å². The Hall–Kier alpha value is -2.36. The van der Waals surface area contributed by atoms with E-state index in [-0.39, 0.29) is 0 Å². The van der Waals surface area contributed by atoms with Crippen LogP contribution in [0.15, 0.2) is 84.9 Å². The first kappa shape index (κ1) is 19.4. The normalized spacial score (nSPS) is 13.3. The van der Waals surface area contributed by atoms with Gasteiger partial charge in [-0.25, -0.2) is 0 Å². The van der Waals surface area contributed by atoms with Gasteiger partial charge in [-0.1, -0.05) is 48.5 Å². The number of hydrogen-bond acceptors (Lipinski definition) is 2. The van der Waals surface area contributed by atoms with E-state index < -0.39 is 25.2 Å². The fourth-order valence-corrected chi connectivity index (χ4v) is 4.98. The van der Waals surface area contributed by atoms with E-state index in [9.17, 15) is 17.7 Å². The van der Waals surface area contributed by atoms with Crippen molar-refractivity contribution in [1.82, 2.24) is 0 Å². The second-order valence-electron chi connectivity index (χ2n) is 6.09. The van der Waals surface area contributed by atoms with Crippen LogP contribution in [0.25, 0.3) is 0 Å². The Labute approximate surface area is 156 Å². The summed E-state index contributed by atoms with van der Waals surface area (Å²) in [5, 5.41) is 1.07. The fraction of sp³-hybridized carbons (Fsp3) is 0.143. The highest BCUT2D eigenvalue weighted by molar-refractivity contribution is 7.74. The highest BCUT2D eigenvalue weighted by atomic mass is 31.2. The van der Waals surface area contributed by atoms with E-state index in [4.69, 9.17) is 4.52 Å². The molecule has 1 atom stereocenters. The Balaban J connectivity index is 1.94. The molecule has 0 aliphatic rings. The summed E-state index contributed by atoms with van der Waals surface area (Å²) in [6, 6.07) is 22.4. The quantitative estimate of drug-likeness (QED) is 0.522. The van der Waals surface area contributed by atoms with Gasteiger partial charge < -0.3 is 4.52 Å². The second-order valence-corrected chi connectivity index (χ2v) is 8.44. The summed E-state index contributed by atoms with van der Waals surface area (Å²) in [5.74, 6) is 0. The summed E-state index contributed by atoms with van der Waals surface area (Å²) in [5.41, 5.74) is -0.206. The molecule has 3 aromatic rings. The number of halogens is 3. The third-order valence-electron chi connectivity index (χ3n) is 4.21. The van der Waals surface area contributed by atoms with E-state index in [1.165, 1.54) is 12.1 Å². The van der Waals surface area contributed by atoms with Gasteiger partial charge in [-0.3, -0.25) is 4.57 Å². The molecule has 0 spiro atoms. The molecule has 0 saturated carbocycles.